The maximum atomic E-state index is 12.9. The molecular weight excluding hydrogens is 2020 g/mol. The van der Waals surface area contributed by atoms with Crippen LogP contribution >= 0.6 is 227 Å². The van der Waals surface area contributed by atoms with Gasteiger partial charge in [0.15, 0.2) is 16.3 Å². The second-order valence-corrected chi connectivity index (χ2v) is 61.2. The molecular formula is C106H103F3N2OS20. The molecule has 0 bridgehead atoms. The highest BCUT2D eigenvalue weighted by Gasteiger charge is 2.48. The predicted molar refractivity (Wildman–Crippen MR) is 608 cm³/mol. The van der Waals surface area contributed by atoms with E-state index in [1.807, 2.05) is 166 Å². The third-order valence-electron chi connectivity index (χ3n) is 25.0. The number of hydrogen-bond donors (Lipinski definition) is 0. The maximum Gasteiger partial charge on any atom is 0.394 e. The van der Waals surface area contributed by atoms with Crippen molar-refractivity contribution in [2.75, 3.05) is 0 Å². The zero-order valence-corrected chi connectivity index (χ0v) is 93.0. The Kier molecular flexibility index (Phi) is 27.4. The first kappa shape index (κ1) is 94.4. The van der Waals surface area contributed by atoms with E-state index in [-0.39, 0.29) is 6.42 Å². The topological polar surface area (TPSA) is 38.9 Å². The number of aryl methyl sites for hydroxylation is 10. The molecule has 3 saturated carbocycles. The SMILES string of the molecule is Cc1cc2sc3cc(C4CCCC4)sc3c2s1.Cc1cc2sc3cc(CC(C)(C)C)sc3c2s1.Cc1cc2sc3cc(CC4CCCC4)sc3c2s1.Cc1cc2sc3cccc(C)c3c2s1.Cc1cc2sc3ccccc3c2s1.Cc1cc2sc3nc(CC(C)(C)C(F)(F)F)sc3c2s1.Cc1cc2sc3nc(CC4(C)CCCC4)oc3c2s1.Cc1ccc2sc3cc(C)sc3c2c1. The normalized spacial score (nSPS) is 14.7. The summed E-state index contributed by atoms with van der Waals surface area (Å²) < 4.78 is 82.0. The summed E-state index contributed by atoms with van der Waals surface area (Å²) in [5.74, 6) is 2.78. The van der Waals surface area contributed by atoms with Crippen molar-refractivity contribution in [1.82, 2.24) is 9.97 Å². The lowest BCUT2D eigenvalue weighted by molar-refractivity contribution is -0.211. The van der Waals surface area contributed by atoms with Crippen LogP contribution in [0.5, 0.6) is 0 Å². The lowest BCUT2D eigenvalue weighted by Gasteiger charge is -2.26. The highest BCUT2D eigenvalue weighted by molar-refractivity contribution is 7.42. The molecule has 0 saturated heterocycles. The summed E-state index contributed by atoms with van der Waals surface area (Å²) >= 11 is 37.6. The van der Waals surface area contributed by atoms with Gasteiger partial charge in [-0.2, -0.15) is 13.2 Å². The molecule has 0 N–H and O–H groups in total. The van der Waals surface area contributed by atoms with Gasteiger partial charge in [-0.3, -0.25) is 0 Å². The molecule has 0 aliphatic heterocycles. The lowest BCUT2D eigenvalue weighted by Crippen LogP contribution is -2.34. The van der Waals surface area contributed by atoms with Crippen LogP contribution in [0.4, 0.5) is 13.2 Å². The first-order chi connectivity index (χ1) is 63.2. The number of halogens is 3. The van der Waals surface area contributed by atoms with Crippen molar-refractivity contribution in [1.29, 1.82) is 0 Å². The van der Waals surface area contributed by atoms with E-state index >= 15 is 0 Å². The number of benzene rings is 3. The minimum absolute atomic E-state index is 0.0611. The summed E-state index contributed by atoms with van der Waals surface area (Å²) in [6.07, 6.45) is 16.1. The van der Waals surface area contributed by atoms with E-state index < -0.39 is 11.6 Å². The van der Waals surface area contributed by atoms with E-state index in [9.17, 15) is 13.2 Å². The third-order valence-corrected chi connectivity index (χ3v) is 48.9. The Morgan fingerprint density at radius 1 is 0.356 bits per heavy atom. The molecule has 26 heteroatoms. The van der Waals surface area contributed by atoms with E-state index in [1.54, 1.807) is 53.2 Å². The Morgan fingerprint density at radius 2 is 0.788 bits per heavy atom. The summed E-state index contributed by atoms with van der Waals surface area (Å²) in [4.78, 5) is 27.0. The van der Waals surface area contributed by atoms with Gasteiger partial charge in [0.2, 0.25) is 0 Å². The van der Waals surface area contributed by atoms with E-state index in [0.717, 1.165) is 48.8 Å². The fourth-order valence-electron chi connectivity index (χ4n) is 18.5. The van der Waals surface area contributed by atoms with E-state index in [1.165, 1.54) is 290 Å². The molecule has 0 atom stereocenters. The van der Waals surface area contributed by atoms with E-state index in [4.69, 9.17) is 9.40 Å². The molecule has 3 aromatic carbocycles. The van der Waals surface area contributed by atoms with Crippen LogP contribution in [0.15, 0.2) is 132 Å². The third kappa shape index (κ3) is 20.2. The Morgan fingerprint density at radius 3 is 1.37 bits per heavy atom. The quantitative estimate of drug-likeness (QED) is 0.152. The van der Waals surface area contributed by atoms with Gasteiger partial charge < -0.3 is 4.42 Å². The fourth-order valence-corrected chi connectivity index (χ4v) is 44.7. The summed E-state index contributed by atoms with van der Waals surface area (Å²) in [7, 11) is 0. The summed E-state index contributed by atoms with van der Waals surface area (Å²) in [5.41, 5.74) is 2.83. The molecule has 21 heterocycles. The number of nitrogens with zero attached hydrogens (tertiary/aromatic N) is 2. The Balaban J connectivity index is 0.0000000943. The first-order valence-corrected chi connectivity index (χ1v) is 61.5. The highest BCUT2D eigenvalue weighted by atomic mass is 32.2. The van der Waals surface area contributed by atoms with Crippen molar-refractivity contribution in [3.8, 4) is 0 Å². The zero-order valence-electron chi connectivity index (χ0n) is 76.7. The molecule has 21 aromatic heterocycles. The summed E-state index contributed by atoms with van der Waals surface area (Å²) in [6, 6.07) is 47.5. The van der Waals surface area contributed by atoms with Crippen molar-refractivity contribution in [3.05, 3.63) is 203 Å². The van der Waals surface area contributed by atoms with Crippen LogP contribution in [0.3, 0.4) is 0 Å². The minimum atomic E-state index is -4.21. The smallest absolute Gasteiger partial charge is 0.394 e. The van der Waals surface area contributed by atoms with Gasteiger partial charge >= 0.3 is 6.18 Å². The van der Waals surface area contributed by atoms with Crippen LogP contribution in [0, 0.1) is 91.4 Å². The average Bonchev–Trinajstić information content (AvgIpc) is 1.54. The Labute approximate surface area is 848 Å². The first-order valence-electron chi connectivity index (χ1n) is 45.2. The number of thiazole rings is 1. The average molecular weight is 2120 g/mol. The van der Waals surface area contributed by atoms with Gasteiger partial charge in [-0.1, -0.05) is 135 Å². The number of oxazole rings is 1. The van der Waals surface area contributed by atoms with Gasteiger partial charge in [0, 0.05) is 144 Å². The summed E-state index contributed by atoms with van der Waals surface area (Å²) in [5, 5.41) is 4.89. The van der Waals surface area contributed by atoms with Gasteiger partial charge in [0.25, 0.3) is 0 Å². The van der Waals surface area contributed by atoms with Gasteiger partial charge in [0.1, 0.15) is 4.83 Å². The van der Waals surface area contributed by atoms with Gasteiger partial charge in [0.05, 0.1) is 71.5 Å². The molecule has 27 rings (SSSR count). The largest absolute Gasteiger partial charge is 0.438 e. The zero-order chi connectivity index (χ0) is 91.7. The Bertz CT molecular complexity index is 8250. The van der Waals surface area contributed by atoms with Gasteiger partial charge in [-0.15, -0.1) is 227 Å². The lowest BCUT2D eigenvalue weighted by atomic mass is 9.85. The molecule has 0 unspecified atom stereocenters. The summed E-state index contributed by atoms with van der Waals surface area (Å²) in [6.45, 7) is 33.5. The maximum absolute atomic E-state index is 12.9. The van der Waals surface area contributed by atoms with Crippen LogP contribution < -0.4 is 0 Å². The molecule has 0 amide bonds. The number of alkyl halides is 3. The molecule has 0 spiro atoms. The molecule has 684 valence electrons. The van der Waals surface area contributed by atoms with Gasteiger partial charge in [-0.05, 0) is 227 Å². The number of fused-ring (bicyclic) bond motifs is 24. The molecule has 3 nitrogen and oxygen atoms in total. The van der Waals surface area contributed by atoms with Crippen molar-refractivity contribution in [2.24, 2.45) is 22.2 Å². The predicted octanol–water partition coefficient (Wildman–Crippen LogP) is 43.9. The standard InChI is InChI=1S/C15H17NOS2.C15H16S3.C14H14S3.C14H16S3.C13H12F3NS3.2C12H10S2.C11H8S2/c1-9-7-10-13(18-9)12-14(19-10)16-11(17-12)8-15(2)5-3-4-6-15;1-9-6-12-14(16-9)15-13(18-12)8-11(17-15)7-10-4-2-3-5-10;1-8-6-11-13(15-8)14-12(16-11)7-10(17-14)9-4-2-3-5-9;1-8-5-10-12(15-8)13-11(17-10)6-9(16-13)7-14(2,3)4;1-6-4-7-9(18-6)10-11(19-7)17-8(20-10)5-12(2,3)13(14,15)16;1-7-3-4-10-9(5-7)12-11(14-10)6-8(2)13-12;1-7-4-3-5-9-11(7)12-10(14-9)6-8(2)13-12;1-7-6-10-11(12-7)8-4-2-3-5-9(8)13-10/h7H,3-6,8H2,1-2H3;6,8,10H,2-5,7H2,1H3;6-7,9H,2-5H2,1H3;5-6H,7H2,1-4H3;4H,5H2,1-3H3;2*3-6H,1-2H3;2-6H,1H3. The monoisotopic (exact) mass is 2120 g/mol. The van der Waals surface area contributed by atoms with Crippen molar-refractivity contribution >= 4 is 380 Å². The number of rotatable bonds is 8. The van der Waals surface area contributed by atoms with Crippen LogP contribution in [-0.2, 0) is 25.7 Å². The highest BCUT2D eigenvalue weighted by Crippen LogP contribution is 2.53. The van der Waals surface area contributed by atoms with E-state index in [2.05, 4.69) is 245 Å². The number of hydrogen-bond acceptors (Lipinski definition) is 23. The second-order valence-electron chi connectivity index (χ2n) is 38.1. The van der Waals surface area contributed by atoms with Crippen LogP contribution in [0.1, 0.15) is 200 Å². The molecule has 3 fully saturated rings. The molecule has 3 aliphatic carbocycles. The van der Waals surface area contributed by atoms with E-state index in [0.29, 0.717) is 15.8 Å². The number of thiophene rings is 19. The van der Waals surface area contributed by atoms with Crippen molar-refractivity contribution in [2.45, 2.75) is 226 Å². The number of aromatic nitrogens is 2. The Hall–Kier alpha value is -5.25. The van der Waals surface area contributed by atoms with Crippen LogP contribution in [0.2, 0.25) is 0 Å². The molecule has 24 aromatic rings. The van der Waals surface area contributed by atoms with Crippen LogP contribution in [0.25, 0.3) is 154 Å². The second kappa shape index (κ2) is 38.4. The van der Waals surface area contributed by atoms with Crippen molar-refractivity contribution < 1.29 is 17.6 Å². The van der Waals surface area contributed by atoms with Crippen LogP contribution in [-0.4, -0.2) is 16.1 Å². The van der Waals surface area contributed by atoms with Gasteiger partial charge in [-0.25, -0.2) is 9.97 Å². The van der Waals surface area contributed by atoms with Crippen molar-refractivity contribution in [3.63, 3.8) is 0 Å². The molecule has 3 aliphatic rings. The molecule has 132 heavy (non-hydrogen) atoms. The fraction of sp³-hybridized carbons (Fsp3) is 0.358. The molecule has 0 radical (unpaired) electrons. The minimum Gasteiger partial charge on any atom is -0.438 e.